The molecule has 1 aliphatic rings. The Balaban J connectivity index is 1.57. The number of anilines is 2. The number of hydrogen-bond acceptors (Lipinski definition) is 7. The summed E-state index contributed by atoms with van der Waals surface area (Å²) in [6, 6.07) is 10.8. The van der Waals surface area contributed by atoms with Crippen LogP contribution in [0.2, 0.25) is 0 Å². The number of carbonyl (C=O) groups excluding carboxylic acids is 2. The van der Waals surface area contributed by atoms with Crippen LogP contribution in [0.1, 0.15) is 29.6 Å². The number of ether oxygens (including phenoxy) is 3. The van der Waals surface area contributed by atoms with Gasteiger partial charge in [0.2, 0.25) is 0 Å². The molecule has 0 spiro atoms. The van der Waals surface area contributed by atoms with Crippen LogP contribution in [0.15, 0.2) is 48.8 Å². The van der Waals surface area contributed by atoms with Crippen LogP contribution in [0, 0.1) is 0 Å². The van der Waals surface area contributed by atoms with Gasteiger partial charge in [-0.15, -0.1) is 0 Å². The second-order valence-corrected chi connectivity index (χ2v) is 7.79. The first kappa shape index (κ1) is 22.4. The van der Waals surface area contributed by atoms with Crippen molar-refractivity contribution in [3.05, 3.63) is 54.4 Å². The Labute approximate surface area is 192 Å². The largest absolute Gasteiger partial charge is 0.493 e. The van der Waals surface area contributed by atoms with Gasteiger partial charge in [0.05, 0.1) is 19.9 Å². The molecule has 0 radical (unpaired) electrons. The maximum atomic E-state index is 13.0. The third-order valence-electron chi connectivity index (χ3n) is 5.74. The Kier molecular flexibility index (Phi) is 6.92. The minimum Gasteiger partial charge on any atom is -0.493 e. The molecular formula is C25H27N3O5. The fourth-order valence-electron chi connectivity index (χ4n) is 4.01. The molecule has 0 aliphatic carbocycles. The van der Waals surface area contributed by atoms with E-state index in [0.717, 1.165) is 23.9 Å². The highest BCUT2D eigenvalue weighted by molar-refractivity contribution is 6.11. The topological polar surface area (TPSA) is 90.0 Å². The molecule has 8 heteroatoms. The van der Waals surface area contributed by atoms with Crippen LogP contribution in [0.25, 0.3) is 10.8 Å². The predicted molar refractivity (Wildman–Crippen MR) is 126 cm³/mol. The molecule has 4 rings (SSSR count). The number of piperidine rings is 1. The van der Waals surface area contributed by atoms with Crippen molar-refractivity contribution >= 4 is 34.0 Å². The summed E-state index contributed by atoms with van der Waals surface area (Å²) in [6.07, 6.45) is 7.20. The molecule has 1 aromatic heterocycles. The summed E-state index contributed by atoms with van der Waals surface area (Å²) in [5.41, 5.74) is 2.25. The second kappa shape index (κ2) is 10.2. The highest BCUT2D eigenvalue weighted by atomic mass is 16.6. The standard InChI is InChI=1S/C25H27N3O5/c1-31-23-14-17(6-9-22(23)33-16-24(29)32-2)25(30)27-20-7-8-21(28-12-4-3-5-13-28)18-10-11-26-15-19(18)20/h6-11,14-15H,3-5,12-13,16H2,1-2H3,(H,27,30). The van der Waals surface area contributed by atoms with Gasteiger partial charge in [-0.2, -0.15) is 0 Å². The molecule has 1 amide bonds. The Hall–Kier alpha value is -3.81. The van der Waals surface area contributed by atoms with Gasteiger partial charge < -0.3 is 24.4 Å². The smallest absolute Gasteiger partial charge is 0.343 e. The van der Waals surface area contributed by atoms with Gasteiger partial charge in [0, 0.05) is 47.5 Å². The number of rotatable bonds is 7. The molecule has 0 bridgehead atoms. The van der Waals surface area contributed by atoms with Gasteiger partial charge in [-0.25, -0.2) is 4.79 Å². The van der Waals surface area contributed by atoms with Crippen molar-refractivity contribution < 1.29 is 23.8 Å². The normalized spacial score (nSPS) is 13.5. The zero-order valence-electron chi connectivity index (χ0n) is 18.8. The molecule has 33 heavy (non-hydrogen) atoms. The molecule has 1 saturated heterocycles. The van der Waals surface area contributed by atoms with E-state index in [1.807, 2.05) is 12.1 Å². The van der Waals surface area contributed by atoms with Crippen LogP contribution in [0.5, 0.6) is 11.5 Å². The van der Waals surface area contributed by atoms with E-state index in [9.17, 15) is 9.59 Å². The number of esters is 1. The second-order valence-electron chi connectivity index (χ2n) is 7.79. The van der Waals surface area contributed by atoms with Crippen LogP contribution in [0.4, 0.5) is 11.4 Å². The first-order valence-electron chi connectivity index (χ1n) is 10.9. The van der Waals surface area contributed by atoms with Crippen molar-refractivity contribution in [2.75, 3.05) is 44.1 Å². The average molecular weight is 450 g/mol. The summed E-state index contributed by atoms with van der Waals surface area (Å²) >= 11 is 0. The van der Waals surface area contributed by atoms with Crippen molar-refractivity contribution in [3.8, 4) is 11.5 Å². The first-order valence-corrected chi connectivity index (χ1v) is 10.9. The van der Waals surface area contributed by atoms with Crippen molar-refractivity contribution in [3.63, 3.8) is 0 Å². The summed E-state index contributed by atoms with van der Waals surface area (Å²) < 4.78 is 15.3. The molecule has 2 aromatic carbocycles. The molecule has 1 N–H and O–H groups in total. The van der Waals surface area contributed by atoms with E-state index in [-0.39, 0.29) is 12.5 Å². The van der Waals surface area contributed by atoms with Gasteiger partial charge in [0.25, 0.3) is 5.91 Å². The number of pyridine rings is 1. The van der Waals surface area contributed by atoms with E-state index in [4.69, 9.17) is 9.47 Å². The summed E-state index contributed by atoms with van der Waals surface area (Å²) in [4.78, 5) is 31.0. The molecule has 0 unspecified atom stereocenters. The van der Waals surface area contributed by atoms with E-state index < -0.39 is 5.97 Å². The lowest BCUT2D eigenvalue weighted by atomic mass is 10.0. The van der Waals surface area contributed by atoms with Crippen LogP contribution >= 0.6 is 0 Å². The lowest BCUT2D eigenvalue weighted by Crippen LogP contribution is -2.29. The molecule has 8 nitrogen and oxygen atoms in total. The van der Waals surface area contributed by atoms with Crippen LogP contribution in [0.3, 0.4) is 0 Å². The minimum absolute atomic E-state index is 0.249. The highest BCUT2D eigenvalue weighted by Crippen LogP contribution is 2.34. The van der Waals surface area contributed by atoms with Crippen LogP contribution in [-0.4, -0.2) is 50.8 Å². The summed E-state index contributed by atoms with van der Waals surface area (Å²) in [5, 5.41) is 4.95. The SMILES string of the molecule is COC(=O)COc1ccc(C(=O)Nc2ccc(N3CCCCC3)c3ccncc23)cc1OC. The highest BCUT2D eigenvalue weighted by Gasteiger charge is 2.17. The fourth-order valence-corrected chi connectivity index (χ4v) is 4.01. The zero-order valence-corrected chi connectivity index (χ0v) is 18.8. The van der Waals surface area contributed by atoms with Crippen molar-refractivity contribution in [2.24, 2.45) is 0 Å². The van der Waals surface area contributed by atoms with Crippen LogP contribution in [-0.2, 0) is 9.53 Å². The monoisotopic (exact) mass is 449 g/mol. The number of hydrogen-bond donors (Lipinski definition) is 1. The number of aromatic nitrogens is 1. The van der Waals surface area contributed by atoms with Crippen molar-refractivity contribution in [1.82, 2.24) is 4.98 Å². The van der Waals surface area contributed by atoms with Gasteiger partial charge in [-0.1, -0.05) is 0 Å². The zero-order chi connectivity index (χ0) is 23.2. The molecule has 0 atom stereocenters. The summed E-state index contributed by atoms with van der Waals surface area (Å²) in [5.74, 6) is -0.102. The van der Waals surface area contributed by atoms with Crippen LogP contribution < -0.4 is 19.7 Å². The van der Waals surface area contributed by atoms with E-state index in [2.05, 4.69) is 26.0 Å². The molecule has 2 heterocycles. The van der Waals surface area contributed by atoms with Gasteiger partial charge in [-0.3, -0.25) is 9.78 Å². The van der Waals surface area contributed by atoms with E-state index in [1.54, 1.807) is 30.6 Å². The van der Waals surface area contributed by atoms with Gasteiger partial charge in [0.1, 0.15) is 0 Å². The Morgan fingerprint density at radius 3 is 2.58 bits per heavy atom. The van der Waals surface area contributed by atoms with Gasteiger partial charge in [0.15, 0.2) is 18.1 Å². The van der Waals surface area contributed by atoms with Crippen molar-refractivity contribution in [1.29, 1.82) is 0 Å². The molecule has 1 fully saturated rings. The number of benzene rings is 2. The number of fused-ring (bicyclic) bond motifs is 1. The minimum atomic E-state index is -0.507. The summed E-state index contributed by atoms with van der Waals surface area (Å²) in [7, 11) is 2.76. The number of nitrogens with one attached hydrogen (secondary N) is 1. The lowest BCUT2D eigenvalue weighted by Gasteiger charge is -2.30. The number of amides is 1. The van der Waals surface area contributed by atoms with E-state index in [0.29, 0.717) is 22.7 Å². The number of nitrogens with zero attached hydrogens (tertiary/aromatic N) is 2. The van der Waals surface area contributed by atoms with E-state index in [1.165, 1.54) is 39.2 Å². The number of methoxy groups -OCH3 is 2. The number of carbonyl (C=O) groups is 2. The first-order chi connectivity index (χ1) is 16.1. The van der Waals surface area contributed by atoms with Gasteiger partial charge in [-0.05, 0) is 55.7 Å². The molecule has 3 aromatic rings. The molecule has 0 saturated carbocycles. The molecular weight excluding hydrogens is 422 g/mol. The quantitative estimate of drug-likeness (QED) is 0.545. The molecule has 172 valence electrons. The molecule has 1 aliphatic heterocycles. The Bertz CT molecular complexity index is 1160. The maximum Gasteiger partial charge on any atom is 0.343 e. The lowest BCUT2D eigenvalue weighted by molar-refractivity contribution is -0.142. The van der Waals surface area contributed by atoms with Gasteiger partial charge >= 0.3 is 5.97 Å². The Morgan fingerprint density at radius 2 is 1.82 bits per heavy atom. The average Bonchev–Trinajstić information content (AvgIpc) is 2.87. The third kappa shape index (κ3) is 5.00. The fraction of sp³-hybridized carbons (Fsp3) is 0.320. The van der Waals surface area contributed by atoms with Crippen molar-refractivity contribution in [2.45, 2.75) is 19.3 Å². The third-order valence-corrected chi connectivity index (χ3v) is 5.74. The summed E-state index contributed by atoms with van der Waals surface area (Å²) in [6.45, 7) is 1.82. The predicted octanol–water partition coefficient (Wildman–Crippen LogP) is 4.04. The maximum absolute atomic E-state index is 13.0. The Morgan fingerprint density at radius 1 is 1.00 bits per heavy atom. The van der Waals surface area contributed by atoms with E-state index >= 15 is 0 Å².